The predicted molar refractivity (Wildman–Crippen MR) is 87.3 cm³/mol. The van der Waals surface area contributed by atoms with E-state index in [1.165, 1.54) is 10.4 Å². The Balaban J connectivity index is 1.52. The molecule has 0 amide bonds. The topological polar surface area (TPSA) is 35.5 Å². The number of aliphatic hydroxyl groups excluding tert-OH is 1. The minimum absolute atomic E-state index is 0.192. The van der Waals surface area contributed by atoms with Crippen molar-refractivity contribution in [1.82, 2.24) is 10.2 Å². The fourth-order valence-electron chi connectivity index (χ4n) is 2.96. The van der Waals surface area contributed by atoms with Crippen LogP contribution in [0, 0.1) is 0 Å². The van der Waals surface area contributed by atoms with E-state index in [1.54, 1.807) is 11.3 Å². The molecule has 2 unspecified atom stereocenters. The number of hydrogen-bond acceptors (Lipinski definition) is 4. The Kier molecular flexibility index (Phi) is 5.04. The van der Waals surface area contributed by atoms with E-state index in [-0.39, 0.29) is 6.10 Å². The monoisotopic (exact) mass is 302 g/mol. The Hall–Kier alpha value is -1.20. The van der Waals surface area contributed by atoms with Gasteiger partial charge in [-0.3, -0.25) is 4.90 Å². The highest BCUT2D eigenvalue weighted by molar-refractivity contribution is 7.09. The SMILES string of the molecule is OC1CC(CNCc2cccs2)N(Cc2ccccc2)C1. The first-order valence-corrected chi connectivity index (χ1v) is 8.38. The number of likely N-dealkylation sites (tertiary alicyclic amines) is 1. The van der Waals surface area contributed by atoms with Gasteiger partial charge in [0.25, 0.3) is 0 Å². The van der Waals surface area contributed by atoms with Crippen LogP contribution in [-0.4, -0.2) is 35.2 Å². The van der Waals surface area contributed by atoms with E-state index in [1.807, 2.05) is 6.07 Å². The van der Waals surface area contributed by atoms with Gasteiger partial charge >= 0.3 is 0 Å². The van der Waals surface area contributed by atoms with Gasteiger partial charge in [0.05, 0.1) is 6.10 Å². The summed E-state index contributed by atoms with van der Waals surface area (Å²) in [7, 11) is 0. The van der Waals surface area contributed by atoms with Crippen LogP contribution in [0.1, 0.15) is 16.9 Å². The zero-order valence-electron chi connectivity index (χ0n) is 12.1. The molecule has 4 heteroatoms. The van der Waals surface area contributed by atoms with Crippen molar-refractivity contribution in [2.75, 3.05) is 13.1 Å². The summed E-state index contributed by atoms with van der Waals surface area (Å²) in [6.07, 6.45) is 0.673. The minimum atomic E-state index is -0.192. The molecule has 21 heavy (non-hydrogen) atoms. The van der Waals surface area contributed by atoms with E-state index in [0.29, 0.717) is 6.04 Å². The third-order valence-corrected chi connectivity index (χ3v) is 4.87. The minimum Gasteiger partial charge on any atom is -0.392 e. The fraction of sp³-hybridized carbons (Fsp3) is 0.412. The van der Waals surface area contributed by atoms with Gasteiger partial charge in [-0.25, -0.2) is 0 Å². The summed E-state index contributed by atoms with van der Waals surface area (Å²) in [4.78, 5) is 3.75. The van der Waals surface area contributed by atoms with E-state index < -0.39 is 0 Å². The summed E-state index contributed by atoms with van der Waals surface area (Å²) in [5.74, 6) is 0. The Morgan fingerprint density at radius 3 is 2.81 bits per heavy atom. The second-order valence-electron chi connectivity index (χ2n) is 5.67. The lowest BCUT2D eigenvalue weighted by Gasteiger charge is -2.24. The molecule has 112 valence electrons. The molecule has 2 atom stereocenters. The predicted octanol–water partition coefficient (Wildman–Crippen LogP) is 2.47. The second kappa shape index (κ2) is 7.18. The smallest absolute Gasteiger partial charge is 0.0682 e. The van der Waals surface area contributed by atoms with Crippen molar-refractivity contribution in [3.05, 3.63) is 58.3 Å². The molecular weight excluding hydrogens is 280 g/mol. The lowest BCUT2D eigenvalue weighted by molar-refractivity contribution is 0.172. The number of aliphatic hydroxyl groups is 1. The Bertz CT molecular complexity index is 529. The van der Waals surface area contributed by atoms with Crippen molar-refractivity contribution in [2.45, 2.75) is 31.7 Å². The maximum Gasteiger partial charge on any atom is 0.0682 e. The molecule has 1 saturated heterocycles. The molecule has 1 aromatic heterocycles. The summed E-state index contributed by atoms with van der Waals surface area (Å²) >= 11 is 1.78. The number of benzene rings is 1. The van der Waals surface area contributed by atoms with Gasteiger partial charge in [-0.2, -0.15) is 0 Å². The van der Waals surface area contributed by atoms with Crippen molar-refractivity contribution >= 4 is 11.3 Å². The summed E-state index contributed by atoms with van der Waals surface area (Å²) in [6.45, 7) is 3.55. The number of hydrogen-bond donors (Lipinski definition) is 2. The number of nitrogens with one attached hydrogen (secondary N) is 1. The van der Waals surface area contributed by atoms with Crippen LogP contribution in [0.4, 0.5) is 0 Å². The van der Waals surface area contributed by atoms with Gasteiger partial charge < -0.3 is 10.4 Å². The van der Waals surface area contributed by atoms with Crippen molar-refractivity contribution in [2.24, 2.45) is 0 Å². The van der Waals surface area contributed by atoms with Crippen LogP contribution in [-0.2, 0) is 13.1 Å². The first-order chi connectivity index (χ1) is 10.3. The van der Waals surface area contributed by atoms with Crippen LogP contribution in [0.15, 0.2) is 47.8 Å². The molecule has 1 aromatic carbocycles. The molecule has 3 nitrogen and oxygen atoms in total. The zero-order chi connectivity index (χ0) is 14.5. The van der Waals surface area contributed by atoms with E-state index in [9.17, 15) is 5.11 Å². The third kappa shape index (κ3) is 4.14. The van der Waals surface area contributed by atoms with Gasteiger partial charge in [-0.05, 0) is 23.4 Å². The lowest BCUT2D eigenvalue weighted by atomic mass is 10.1. The van der Waals surface area contributed by atoms with Crippen LogP contribution in [0.5, 0.6) is 0 Å². The van der Waals surface area contributed by atoms with Crippen LogP contribution in [0.2, 0.25) is 0 Å². The van der Waals surface area contributed by atoms with Gasteiger partial charge in [-0.1, -0.05) is 36.4 Å². The first-order valence-electron chi connectivity index (χ1n) is 7.50. The number of rotatable bonds is 6. The number of thiophene rings is 1. The summed E-state index contributed by atoms with van der Waals surface area (Å²) < 4.78 is 0. The first kappa shape index (κ1) is 14.7. The summed E-state index contributed by atoms with van der Waals surface area (Å²) in [5.41, 5.74) is 1.31. The van der Waals surface area contributed by atoms with E-state index in [2.05, 4.69) is 52.0 Å². The highest BCUT2D eigenvalue weighted by atomic mass is 32.1. The van der Waals surface area contributed by atoms with Crippen LogP contribution in [0.25, 0.3) is 0 Å². The van der Waals surface area contributed by atoms with E-state index in [0.717, 1.165) is 32.6 Å². The van der Waals surface area contributed by atoms with Crippen molar-refractivity contribution < 1.29 is 5.11 Å². The molecule has 1 aliphatic rings. The largest absolute Gasteiger partial charge is 0.392 e. The van der Waals surface area contributed by atoms with E-state index >= 15 is 0 Å². The second-order valence-corrected chi connectivity index (χ2v) is 6.70. The molecule has 0 saturated carbocycles. The Morgan fingerprint density at radius 2 is 2.05 bits per heavy atom. The summed E-state index contributed by atoms with van der Waals surface area (Å²) in [5, 5.41) is 15.6. The molecule has 3 rings (SSSR count). The standard InChI is InChI=1S/C17H22N2OS/c20-16-9-15(10-18-11-17-7-4-8-21-17)19(13-16)12-14-5-2-1-3-6-14/h1-8,15-16,18,20H,9-13H2. The number of β-amino-alcohol motifs (C(OH)–C–C–N with tert-alkyl or cyclic N) is 1. The molecule has 0 radical (unpaired) electrons. The average Bonchev–Trinajstić information content (AvgIpc) is 3.11. The highest BCUT2D eigenvalue weighted by Gasteiger charge is 2.30. The fourth-order valence-corrected chi connectivity index (χ4v) is 3.63. The zero-order valence-corrected chi connectivity index (χ0v) is 12.9. The Morgan fingerprint density at radius 1 is 1.19 bits per heavy atom. The lowest BCUT2D eigenvalue weighted by Crippen LogP contribution is -2.37. The average molecular weight is 302 g/mol. The maximum absolute atomic E-state index is 9.96. The van der Waals surface area contributed by atoms with Crippen molar-refractivity contribution in [3.63, 3.8) is 0 Å². The Labute approximate surface area is 130 Å². The molecule has 2 aromatic rings. The molecule has 0 bridgehead atoms. The maximum atomic E-state index is 9.96. The highest BCUT2D eigenvalue weighted by Crippen LogP contribution is 2.20. The quantitative estimate of drug-likeness (QED) is 0.860. The molecule has 2 heterocycles. The molecule has 2 N–H and O–H groups in total. The van der Waals surface area contributed by atoms with E-state index in [4.69, 9.17) is 0 Å². The molecule has 0 spiro atoms. The van der Waals surface area contributed by atoms with Gasteiger partial charge in [0, 0.05) is 37.1 Å². The third-order valence-electron chi connectivity index (χ3n) is 3.99. The van der Waals surface area contributed by atoms with Crippen LogP contribution < -0.4 is 5.32 Å². The van der Waals surface area contributed by atoms with Crippen molar-refractivity contribution in [3.8, 4) is 0 Å². The summed E-state index contributed by atoms with van der Waals surface area (Å²) in [6, 6.07) is 15.2. The normalized spacial score (nSPS) is 22.7. The van der Waals surface area contributed by atoms with Crippen LogP contribution in [0.3, 0.4) is 0 Å². The molecule has 1 aliphatic heterocycles. The van der Waals surface area contributed by atoms with Gasteiger partial charge in [0.2, 0.25) is 0 Å². The van der Waals surface area contributed by atoms with Gasteiger partial charge in [-0.15, -0.1) is 11.3 Å². The molecular formula is C17H22N2OS. The van der Waals surface area contributed by atoms with Gasteiger partial charge in [0.1, 0.15) is 0 Å². The number of nitrogens with zero attached hydrogens (tertiary/aromatic N) is 1. The van der Waals surface area contributed by atoms with Gasteiger partial charge in [0.15, 0.2) is 0 Å². The van der Waals surface area contributed by atoms with Crippen LogP contribution >= 0.6 is 11.3 Å². The molecule has 1 fully saturated rings. The molecule has 0 aliphatic carbocycles. The van der Waals surface area contributed by atoms with Crippen molar-refractivity contribution in [1.29, 1.82) is 0 Å².